The van der Waals surface area contributed by atoms with Gasteiger partial charge in [0.2, 0.25) is 0 Å². The molecule has 1 amide bonds. The molecule has 0 saturated heterocycles. The summed E-state index contributed by atoms with van der Waals surface area (Å²) >= 11 is 5.26. The number of furan rings is 1. The van der Waals surface area contributed by atoms with Crippen LogP contribution in [-0.2, 0) is 13.0 Å². The minimum atomic E-state index is -0.472. The lowest BCUT2D eigenvalue weighted by molar-refractivity contribution is 0.0949. The van der Waals surface area contributed by atoms with Crippen LogP contribution >= 0.6 is 12.2 Å². The number of anilines is 1. The molecule has 0 bridgehead atoms. The van der Waals surface area contributed by atoms with E-state index < -0.39 is 5.91 Å². The van der Waals surface area contributed by atoms with Gasteiger partial charge in [-0.15, -0.1) is 0 Å². The van der Waals surface area contributed by atoms with Crippen LogP contribution in [0.1, 0.15) is 40.3 Å². The maximum Gasteiger partial charge on any atom is 0.293 e. The number of hydrogen-bond acceptors (Lipinski definition) is 6. The molecule has 0 aliphatic heterocycles. The van der Waals surface area contributed by atoms with Crippen LogP contribution in [0.3, 0.4) is 0 Å². The molecular weight excluding hydrogens is 414 g/mol. The van der Waals surface area contributed by atoms with Crippen molar-refractivity contribution in [2.45, 2.75) is 25.9 Å². The highest BCUT2D eigenvalue weighted by atomic mass is 32.1. The maximum absolute atomic E-state index is 12.5. The summed E-state index contributed by atoms with van der Waals surface area (Å²) in [6.45, 7) is 0.452. The minimum Gasteiger partial charge on any atom is -0.489 e. The topological polar surface area (TPSA) is 96.1 Å². The van der Waals surface area contributed by atoms with Crippen LogP contribution < -0.4 is 15.4 Å². The van der Waals surface area contributed by atoms with Crippen LogP contribution in [0.5, 0.6) is 5.75 Å². The van der Waals surface area contributed by atoms with Gasteiger partial charge in [0.1, 0.15) is 18.1 Å². The highest BCUT2D eigenvalue weighted by Crippen LogP contribution is 2.25. The smallest absolute Gasteiger partial charge is 0.293 e. The predicted molar refractivity (Wildman–Crippen MR) is 121 cm³/mol. The first-order chi connectivity index (χ1) is 15.1. The molecule has 0 spiro atoms. The van der Waals surface area contributed by atoms with E-state index in [1.54, 1.807) is 12.1 Å². The van der Waals surface area contributed by atoms with Gasteiger partial charge in [0.05, 0.1) is 5.71 Å². The number of carbonyl (C=O) groups excluding carboxylic acids is 1. The monoisotopic (exact) mass is 435 g/mol. The number of ether oxygens (including phenoxy) is 1. The second-order valence-electron chi connectivity index (χ2n) is 7.06. The normalized spacial score (nSPS) is 14.0. The number of nitrogens with zero attached hydrogens (tertiary/aromatic N) is 1. The van der Waals surface area contributed by atoms with Crippen LogP contribution in [0.2, 0.25) is 0 Å². The van der Waals surface area contributed by atoms with Gasteiger partial charge in [-0.3, -0.25) is 10.1 Å². The van der Waals surface area contributed by atoms with E-state index in [1.807, 2.05) is 48.5 Å². The van der Waals surface area contributed by atoms with Crippen LogP contribution in [-0.4, -0.2) is 21.9 Å². The highest BCUT2D eigenvalue weighted by molar-refractivity contribution is 7.80. The number of carbonyl (C=O) groups is 1. The predicted octanol–water partition coefficient (Wildman–Crippen LogP) is 4.50. The number of oxime groups is 1. The summed E-state index contributed by atoms with van der Waals surface area (Å²) in [5, 5.41) is 18.1. The van der Waals surface area contributed by atoms with Crippen molar-refractivity contribution in [3.05, 3.63) is 83.3 Å². The van der Waals surface area contributed by atoms with E-state index in [4.69, 9.17) is 26.6 Å². The molecule has 0 fully saturated rings. The van der Waals surface area contributed by atoms with Gasteiger partial charge in [0.25, 0.3) is 5.91 Å². The summed E-state index contributed by atoms with van der Waals surface area (Å²) in [6.07, 6.45) is 2.15. The van der Waals surface area contributed by atoms with Gasteiger partial charge in [0, 0.05) is 23.7 Å². The summed E-state index contributed by atoms with van der Waals surface area (Å²) in [7, 11) is 0. The number of fused-ring (bicyclic) bond motifs is 1. The van der Waals surface area contributed by atoms with Crippen LogP contribution in [0, 0.1) is 0 Å². The largest absolute Gasteiger partial charge is 0.489 e. The molecule has 8 heteroatoms. The molecule has 0 unspecified atom stereocenters. The zero-order valence-electron chi connectivity index (χ0n) is 16.6. The van der Waals surface area contributed by atoms with Crippen molar-refractivity contribution in [1.82, 2.24) is 5.32 Å². The molecular formula is C23H21N3O4S. The molecule has 7 nitrogen and oxygen atoms in total. The first kappa shape index (κ1) is 20.6. The summed E-state index contributed by atoms with van der Waals surface area (Å²) in [5.41, 5.74) is 2.95. The average molecular weight is 436 g/mol. The van der Waals surface area contributed by atoms with Gasteiger partial charge in [0.15, 0.2) is 10.9 Å². The Morgan fingerprint density at radius 1 is 1.13 bits per heavy atom. The van der Waals surface area contributed by atoms with Crippen molar-refractivity contribution in [2.24, 2.45) is 5.16 Å². The molecule has 1 aliphatic carbocycles. The molecule has 0 radical (unpaired) electrons. The molecule has 1 heterocycles. The molecule has 2 aromatic carbocycles. The van der Waals surface area contributed by atoms with Gasteiger partial charge in [-0.25, -0.2) is 0 Å². The molecule has 1 aliphatic rings. The number of rotatable bonds is 5. The fourth-order valence-electron chi connectivity index (χ4n) is 3.36. The Balaban J connectivity index is 1.35. The first-order valence-corrected chi connectivity index (χ1v) is 10.3. The first-order valence-electron chi connectivity index (χ1n) is 9.85. The zero-order valence-corrected chi connectivity index (χ0v) is 17.4. The van der Waals surface area contributed by atoms with E-state index in [-0.39, 0.29) is 10.9 Å². The Kier molecular flexibility index (Phi) is 6.28. The summed E-state index contributed by atoms with van der Waals surface area (Å²) in [6, 6.07) is 18.8. The lowest BCUT2D eigenvalue weighted by atomic mass is 9.96. The van der Waals surface area contributed by atoms with E-state index in [1.165, 1.54) is 0 Å². The molecule has 0 atom stereocenters. The van der Waals surface area contributed by atoms with Crippen LogP contribution in [0.25, 0.3) is 0 Å². The van der Waals surface area contributed by atoms with Gasteiger partial charge >= 0.3 is 0 Å². The van der Waals surface area contributed by atoms with Gasteiger partial charge in [-0.2, -0.15) is 0 Å². The van der Waals surface area contributed by atoms with Gasteiger partial charge in [-0.1, -0.05) is 41.6 Å². The summed E-state index contributed by atoms with van der Waals surface area (Å²) in [5.74, 6) is 0.974. The third-order valence-electron chi connectivity index (χ3n) is 4.85. The molecule has 3 N–H and O–H groups in total. The standard InChI is InChI=1S/C23H21N3O4S/c27-22(21-13-18-19(26-28)10-5-11-20(18)30-21)25-23(31)24-16-8-4-9-17(12-16)29-14-15-6-2-1-3-7-15/h1-4,6-9,12-13,28H,5,10-11,14H2,(H2,24,25,27,31)/b26-19+. The third-order valence-corrected chi connectivity index (χ3v) is 5.05. The lowest BCUT2D eigenvalue weighted by Crippen LogP contribution is -2.33. The van der Waals surface area contributed by atoms with E-state index in [0.29, 0.717) is 47.9 Å². The van der Waals surface area contributed by atoms with Crippen molar-refractivity contribution >= 4 is 34.6 Å². The van der Waals surface area contributed by atoms with Gasteiger partial charge < -0.3 is 19.7 Å². The molecule has 3 aromatic rings. The second kappa shape index (κ2) is 9.44. The quantitative estimate of drug-likeness (QED) is 0.310. The van der Waals surface area contributed by atoms with Crippen molar-refractivity contribution in [1.29, 1.82) is 0 Å². The van der Waals surface area contributed by atoms with Crippen molar-refractivity contribution in [3.8, 4) is 5.75 Å². The lowest BCUT2D eigenvalue weighted by Gasteiger charge is -2.11. The van der Waals surface area contributed by atoms with Crippen LogP contribution in [0.4, 0.5) is 5.69 Å². The van der Waals surface area contributed by atoms with Gasteiger partial charge in [-0.05, 0) is 48.8 Å². The van der Waals surface area contributed by atoms with Crippen molar-refractivity contribution in [2.75, 3.05) is 5.32 Å². The Morgan fingerprint density at radius 2 is 1.97 bits per heavy atom. The van der Waals surface area contributed by atoms with E-state index >= 15 is 0 Å². The fraction of sp³-hybridized carbons (Fsp3) is 0.174. The number of aryl methyl sites for hydroxylation is 1. The Bertz CT molecular complexity index is 1120. The highest BCUT2D eigenvalue weighted by Gasteiger charge is 2.24. The number of thiocarbonyl (C=S) groups is 1. The Labute approximate surface area is 184 Å². The van der Waals surface area contributed by atoms with E-state index in [2.05, 4.69) is 15.8 Å². The maximum atomic E-state index is 12.5. The zero-order chi connectivity index (χ0) is 21.6. The average Bonchev–Trinajstić information content (AvgIpc) is 3.23. The van der Waals surface area contributed by atoms with Crippen molar-refractivity contribution in [3.63, 3.8) is 0 Å². The van der Waals surface area contributed by atoms with E-state index in [0.717, 1.165) is 12.0 Å². The molecule has 0 saturated carbocycles. The fourth-order valence-corrected chi connectivity index (χ4v) is 3.57. The summed E-state index contributed by atoms with van der Waals surface area (Å²) in [4.78, 5) is 12.5. The Hall–Kier alpha value is -3.65. The number of benzene rings is 2. The number of amides is 1. The Morgan fingerprint density at radius 3 is 2.77 bits per heavy atom. The molecule has 4 rings (SSSR count). The SMILES string of the molecule is O=C(NC(=S)Nc1cccc(OCc2ccccc2)c1)c1cc2c(o1)CCC/C2=N\O. The van der Waals surface area contributed by atoms with E-state index in [9.17, 15) is 4.79 Å². The van der Waals surface area contributed by atoms with Crippen LogP contribution in [0.15, 0.2) is 70.2 Å². The number of nitrogens with one attached hydrogen (secondary N) is 2. The second-order valence-corrected chi connectivity index (χ2v) is 7.47. The molecule has 1 aromatic heterocycles. The van der Waals surface area contributed by atoms with Crippen molar-refractivity contribution < 1.29 is 19.2 Å². The number of hydrogen-bond donors (Lipinski definition) is 3. The molecule has 31 heavy (non-hydrogen) atoms. The third kappa shape index (κ3) is 5.10. The minimum absolute atomic E-state index is 0.122. The molecule has 158 valence electrons. The summed E-state index contributed by atoms with van der Waals surface area (Å²) < 4.78 is 11.4.